The zero-order chi connectivity index (χ0) is 13.4. The van der Waals surface area contributed by atoms with Gasteiger partial charge in [-0.1, -0.05) is 66.7 Å². The Balaban J connectivity index is 1.91. The van der Waals surface area contributed by atoms with Crippen molar-refractivity contribution in [3.8, 4) is 0 Å². The van der Waals surface area contributed by atoms with Crippen molar-refractivity contribution in [3.63, 3.8) is 0 Å². The molecular weight excluding hydrogens is 244 g/mol. The molecule has 1 heterocycles. The molecule has 0 radical (unpaired) electrons. The van der Waals surface area contributed by atoms with Crippen LogP contribution in [0.15, 0.2) is 78.6 Å². The zero-order valence-electron chi connectivity index (χ0n) is 11.2. The normalized spacial score (nSPS) is 22.9. The van der Waals surface area contributed by atoms with E-state index in [2.05, 4.69) is 72.8 Å². The van der Waals surface area contributed by atoms with E-state index in [-0.39, 0.29) is 6.10 Å². The molecule has 1 aliphatic heterocycles. The van der Waals surface area contributed by atoms with Gasteiger partial charge in [0.25, 0.3) is 0 Å². The van der Waals surface area contributed by atoms with Crippen LogP contribution < -0.4 is 0 Å². The van der Waals surface area contributed by atoms with Crippen LogP contribution in [0.2, 0.25) is 0 Å². The minimum atomic E-state index is 0.275. The van der Waals surface area contributed by atoms with E-state index < -0.39 is 0 Å². The molecule has 1 fully saturated rings. The van der Waals surface area contributed by atoms with Crippen LogP contribution in [0.5, 0.6) is 0 Å². The van der Waals surface area contributed by atoms with E-state index in [1.165, 1.54) is 16.7 Å². The second kappa shape index (κ2) is 4.68. The summed E-state index contributed by atoms with van der Waals surface area (Å²) in [7, 11) is 0. The number of allylic oxidation sites excluding steroid dienone is 1. The molecule has 1 aliphatic carbocycles. The smallest absolute Gasteiger partial charge is 0.117 e. The molecule has 2 aromatic carbocycles. The lowest BCUT2D eigenvalue weighted by atomic mass is 9.92. The van der Waals surface area contributed by atoms with Gasteiger partial charge in [-0.05, 0) is 17.2 Å². The van der Waals surface area contributed by atoms with E-state index in [4.69, 9.17) is 4.74 Å². The first-order valence-electron chi connectivity index (χ1n) is 7.12. The van der Waals surface area contributed by atoms with Gasteiger partial charge in [-0.3, -0.25) is 0 Å². The van der Waals surface area contributed by atoms with Gasteiger partial charge in [-0.25, -0.2) is 0 Å². The molecule has 0 amide bonds. The van der Waals surface area contributed by atoms with Crippen LogP contribution in [0.1, 0.15) is 17.5 Å². The van der Waals surface area contributed by atoms with Crippen molar-refractivity contribution in [1.29, 1.82) is 0 Å². The first-order chi connectivity index (χ1) is 9.92. The average molecular weight is 260 g/mol. The van der Waals surface area contributed by atoms with Crippen LogP contribution in [0.3, 0.4) is 0 Å². The first-order valence-corrected chi connectivity index (χ1v) is 7.12. The Morgan fingerprint density at radius 2 is 1.40 bits per heavy atom. The third-order valence-corrected chi connectivity index (χ3v) is 4.03. The molecule has 1 nitrogen and oxygen atoms in total. The molecule has 0 spiro atoms. The average Bonchev–Trinajstić information content (AvgIpc) is 3.13. The Bertz CT molecular complexity index is 626. The van der Waals surface area contributed by atoms with Gasteiger partial charge < -0.3 is 4.74 Å². The molecule has 1 heteroatoms. The second-order valence-corrected chi connectivity index (χ2v) is 5.35. The Morgan fingerprint density at radius 3 is 1.85 bits per heavy atom. The summed E-state index contributed by atoms with van der Waals surface area (Å²) in [5.41, 5.74) is 3.70. The quantitative estimate of drug-likeness (QED) is 0.726. The summed E-state index contributed by atoms with van der Waals surface area (Å²) in [4.78, 5) is 0. The maximum Gasteiger partial charge on any atom is 0.117 e. The van der Waals surface area contributed by atoms with Gasteiger partial charge in [0, 0.05) is 17.9 Å². The molecule has 4 rings (SSSR count). The number of fused-ring (bicyclic) bond motifs is 2. The number of hydrogen-bond acceptors (Lipinski definition) is 1. The number of ether oxygens (including phenoxy) is 1. The Kier molecular flexibility index (Phi) is 2.70. The minimum Gasteiger partial charge on any atom is -0.489 e. The summed E-state index contributed by atoms with van der Waals surface area (Å²) in [6, 6.07) is 21.1. The summed E-state index contributed by atoms with van der Waals surface area (Å²) in [6.45, 7) is 0. The lowest BCUT2D eigenvalue weighted by Gasteiger charge is -2.18. The fourth-order valence-electron chi connectivity index (χ4n) is 3.10. The van der Waals surface area contributed by atoms with E-state index in [9.17, 15) is 0 Å². The van der Waals surface area contributed by atoms with E-state index >= 15 is 0 Å². The lowest BCUT2D eigenvalue weighted by molar-refractivity contribution is 0.198. The molecule has 2 aromatic rings. The number of hydrogen-bond donors (Lipinski definition) is 0. The summed E-state index contributed by atoms with van der Waals surface area (Å²) >= 11 is 0. The summed E-state index contributed by atoms with van der Waals surface area (Å²) < 4.78 is 6.12. The molecule has 2 atom stereocenters. The van der Waals surface area contributed by atoms with Crippen molar-refractivity contribution in [2.24, 2.45) is 5.92 Å². The van der Waals surface area contributed by atoms with Gasteiger partial charge in [0.15, 0.2) is 0 Å². The van der Waals surface area contributed by atoms with Crippen molar-refractivity contribution in [3.05, 3.63) is 89.7 Å². The Morgan fingerprint density at radius 1 is 0.800 bits per heavy atom. The number of benzene rings is 2. The lowest BCUT2D eigenvalue weighted by Crippen LogP contribution is -2.04. The van der Waals surface area contributed by atoms with Crippen LogP contribution >= 0.6 is 0 Å². The highest BCUT2D eigenvalue weighted by atomic mass is 16.5. The van der Waals surface area contributed by atoms with Gasteiger partial charge in [0.1, 0.15) is 11.9 Å². The van der Waals surface area contributed by atoms with Crippen molar-refractivity contribution >= 4 is 5.57 Å². The molecule has 20 heavy (non-hydrogen) atoms. The standard InChI is InChI=1S/C19H16O/c1-3-7-14(8-4-1)18(15-9-5-2-6-10-15)19-16-11-12-17(13-16)20-19/h1-12,16-17H,13H2. The van der Waals surface area contributed by atoms with Gasteiger partial charge in [0.2, 0.25) is 0 Å². The fourth-order valence-corrected chi connectivity index (χ4v) is 3.10. The van der Waals surface area contributed by atoms with Crippen molar-refractivity contribution in [1.82, 2.24) is 0 Å². The van der Waals surface area contributed by atoms with Crippen molar-refractivity contribution < 1.29 is 4.74 Å². The predicted octanol–water partition coefficient (Wildman–Crippen LogP) is 4.42. The molecule has 98 valence electrons. The SMILES string of the molecule is C1=CC2CC1OC2=C(c1ccccc1)c1ccccc1. The van der Waals surface area contributed by atoms with Gasteiger partial charge >= 0.3 is 0 Å². The Hall–Kier alpha value is -2.28. The van der Waals surface area contributed by atoms with Crippen LogP contribution in [-0.4, -0.2) is 6.10 Å². The Labute approximate surface area is 119 Å². The molecular formula is C19H16O. The molecule has 0 saturated carbocycles. The largest absolute Gasteiger partial charge is 0.489 e. The molecule has 2 aliphatic rings. The third kappa shape index (κ3) is 1.87. The second-order valence-electron chi connectivity index (χ2n) is 5.35. The minimum absolute atomic E-state index is 0.275. The van der Waals surface area contributed by atoms with E-state index in [0.29, 0.717) is 5.92 Å². The molecule has 0 N–H and O–H groups in total. The van der Waals surface area contributed by atoms with Gasteiger partial charge in [-0.2, -0.15) is 0 Å². The number of rotatable bonds is 2. The molecule has 1 saturated heterocycles. The molecule has 2 unspecified atom stereocenters. The maximum absolute atomic E-state index is 6.12. The summed E-state index contributed by atoms with van der Waals surface area (Å²) in [5.74, 6) is 1.57. The van der Waals surface area contributed by atoms with Crippen LogP contribution in [0.4, 0.5) is 0 Å². The van der Waals surface area contributed by atoms with Gasteiger partial charge in [-0.15, -0.1) is 0 Å². The topological polar surface area (TPSA) is 9.23 Å². The van der Waals surface area contributed by atoms with Gasteiger partial charge in [0.05, 0.1) is 0 Å². The predicted molar refractivity (Wildman–Crippen MR) is 81.0 cm³/mol. The zero-order valence-corrected chi connectivity index (χ0v) is 11.2. The first kappa shape index (κ1) is 11.5. The third-order valence-electron chi connectivity index (χ3n) is 4.03. The van der Waals surface area contributed by atoms with E-state index in [0.717, 1.165) is 12.2 Å². The van der Waals surface area contributed by atoms with Crippen LogP contribution in [0, 0.1) is 5.92 Å². The van der Waals surface area contributed by atoms with Crippen molar-refractivity contribution in [2.45, 2.75) is 12.5 Å². The van der Waals surface area contributed by atoms with Crippen LogP contribution in [0.25, 0.3) is 5.57 Å². The van der Waals surface area contributed by atoms with Crippen LogP contribution in [-0.2, 0) is 4.74 Å². The van der Waals surface area contributed by atoms with Crippen molar-refractivity contribution in [2.75, 3.05) is 0 Å². The highest BCUT2D eigenvalue weighted by Gasteiger charge is 2.35. The van der Waals surface area contributed by atoms with E-state index in [1.807, 2.05) is 0 Å². The molecule has 0 aromatic heterocycles. The fraction of sp³-hybridized carbons (Fsp3) is 0.158. The molecule has 2 bridgehead atoms. The van der Waals surface area contributed by atoms with E-state index in [1.54, 1.807) is 0 Å². The highest BCUT2D eigenvalue weighted by molar-refractivity contribution is 5.82. The monoisotopic (exact) mass is 260 g/mol. The summed E-state index contributed by atoms with van der Waals surface area (Å²) in [6.07, 6.45) is 5.84. The maximum atomic E-state index is 6.12. The highest BCUT2D eigenvalue weighted by Crippen LogP contribution is 2.43. The summed E-state index contributed by atoms with van der Waals surface area (Å²) in [5, 5.41) is 0.